The van der Waals surface area contributed by atoms with Gasteiger partial charge in [-0.05, 0) is 55.1 Å². The second kappa shape index (κ2) is 9.67. The fraction of sp³-hybridized carbons (Fsp3) is 0.545. The van der Waals surface area contributed by atoms with E-state index in [1.165, 1.54) is 37.5 Å². The lowest BCUT2D eigenvalue weighted by Gasteiger charge is -2.46. The van der Waals surface area contributed by atoms with Crippen molar-refractivity contribution in [3.63, 3.8) is 0 Å². The van der Waals surface area contributed by atoms with E-state index >= 15 is 0 Å². The zero-order chi connectivity index (χ0) is 20.9. The number of fused-ring (bicyclic) bond motifs is 3. The number of nitrogens with one attached hydrogen (secondary N) is 1. The molecule has 3 saturated carbocycles. The highest BCUT2D eigenvalue weighted by atomic mass is 32.2. The van der Waals surface area contributed by atoms with Gasteiger partial charge in [0.05, 0.1) is 4.92 Å². The lowest BCUT2D eigenvalue weighted by Crippen LogP contribution is -2.49. The molecule has 2 bridgehead atoms. The molecule has 6 nitrogen and oxygen atoms in total. The van der Waals surface area contributed by atoms with Crippen LogP contribution < -0.4 is 4.72 Å². The van der Waals surface area contributed by atoms with E-state index < -0.39 is 14.9 Å². The Kier molecular flexibility index (Phi) is 7.24. The molecule has 0 aromatic heterocycles. The van der Waals surface area contributed by atoms with Crippen molar-refractivity contribution in [1.29, 1.82) is 0 Å². The average molecular weight is 419 g/mol. The number of non-ortho nitro benzene ring substituents is 1. The van der Waals surface area contributed by atoms with Crippen LogP contribution in [0.4, 0.5) is 5.69 Å². The highest BCUT2D eigenvalue weighted by Crippen LogP contribution is 2.46. The highest BCUT2D eigenvalue weighted by Gasteiger charge is 2.42. The third-order valence-electron chi connectivity index (χ3n) is 6.11. The van der Waals surface area contributed by atoms with Gasteiger partial charge in [0.15, 0.2) is 0 Å². The molecule has 0 radical (unpaired) electrons. The molecule has 4 unspecified atom stereocenters. The summed E-state index contributed by atoms with van der Waals surface area (Å²) in [7, 11) is -3.61. The molecule has 3 aliphatic carbocycles. The van der Waals surface area contributed by atoms with Gasteiger partial charge < -0.3 is 0 Å². The molecular weight excluding hydrogens is 388 g/mol. The average Bonchev–Trinajstić information content (AvgIpc) is 2.70. The molecule has 0 saturated heterocycles. The van der Waals surface area contributed by atoms with Gasteiger partial charge >= 0.3 is 0 Å². The summed E-state index contributed by atoms with van der Waals surface area (Å²) in [5.41, 5.74) is 0.436. The minimum atomic E-state index is -3.61. The van der Waals surface area contributed by atoms with Crippen LogP contribution in [0.3, 0.4) is 0 Å². The predicted octanol–water partition coefficient (Wildman–Crippen LogP) is 5.04. The van der Waals surface area contributed by atoms with Gasteiger partial charge in [0, 0.05) is 23.6 Å². The molecule has 0 amide bonds. The van der Waals surface area contributed by atoms with E-state index in [-0.39, 0.29) is 11.7 Å². The molecule has 3 aliphatic rings. The highest BCUT2D eigenvalue weighted by molar-refractivity contribution is 7.92. The molecule has 0 aliphatic heterocycles. The van der Waals surface area contributed by atoms with Crippen LogP contribution in [0, 0.1) is 27.9 Å². The van der Waals surface area contributed by atoms with Crippen LogP contribution in [-0.2, 0) is 10.0 Å². The van der Waals surface area contributed by atoms with Crippen molar-refractivity contribution in [1.82, 2.24) is 4.72 Å². The van der Waals surface area contributed by atoms with Crippen molar-refractivity contribution >= 4 is 21.8 Å². The largest absolute Gasteiger partial charge is 0.270 e. The van der Waals surface area contributed by atoms with Crippen molar-refractivity contribution in [3.8, 4) is 0 Å². The monoisotopic (exact) mass is 418 g/mol. The summed E-state index contributed by atoms with van der Waals surface area (Å²) < 4.78 is 28.1. The second-order valence-corrected chi connectivity index (χ2v) is 9.83. The number of nitro groups is 1. The van der Waals surface area contributed by atoms with Crippen LogP contribution >= 0.6 is 0 Å². The van der Waals surface area contributed by atoms with E-state index in [4.69, 9.17) is 0 Å². The normalized spacial score (nSPS) is 27.1. The number of sulfonamides is 1. The summed E-state index contributed by atoms with van der Waals surface area (Å²) in [4.78, 5) is 10.4. The Morgan fingerprint density at radius 1 is 1.28 bits per heavy atom. The number of nitro benzene ring substituents is 1. The van der Waals surface area contributed by atoms with Gasteiger partial charge in [0.1, 0.15) is 0 Å². The first kappa shape index (κ1) is 21.7. The second-order valence-electron chi connectivity index (χ2n) is 8.24. The zero-order valence-electron chi connectivity index (χ0n) is 16.9. The predicted molar refractivity (Wildman–Crippen MR) is 116 cm³/mol. The van der Waals surface area contributed by atoms with Crippen LogP contribution in [0.5, 0.6) is 0 Å². The fourth-order valence-corrected chi connectivity index (χ4v) is 5.79. The third-order valence-corrected chi connectivity index (χ3v) is 7.24. The van der Waals surface area contributed by atoms with Crippen molar-refractivity contribution in [2.24, 2.45) is 17.8 Å². The van der Waals surface area contributed by atoms with Gasteiger partial charge in [0.2, 0.25) is 10.0 Å². The lowest BCUT2D eigenvalue weighted by atomic mass is 9.62. The smallest absolute Gasteiger partial charge is 0.258 e. The standard InChI is InChI=1S/C22H30N2O4S/c1-2-3-4-5-8-19-14-18-10-11-21(19)22(16-18)23-29(27,28)13-12-17-7-6-9-20(15-17)24(25)26/h5-9,12-13,15,18-19,21-23H,2-4,10-11,14,16H2,1H3. The summed E-state index contributed by atoms with van der Waals surface area (Å²) in [6.45, 7) is 2.18. The minimum absolute atomic E-state index is 0.0388. The van der Waals surface area contributed by atoms with Crippen LogP contribution in [0.1, 0.15) is 57.4 Å². The molecule has 4 rings (SSSR count). The van der Waals surface area contributed by atoms with E-state index in [0.717, 1.165) is 31.1 Å². The summed E-state index contributed by atoms with van der Waals surface area (Å²) in [5, 5.41) is 12.0. The Morgan fingerprint density at radius 2 is 2.10 bits per heavy atom. The van der Waals surface area contributed by atoms with Gasteiger partial charge in [-0.3, -0.25) is 10.1 Å². The molecule has 1 aromatic carbocycles. The maximum absolute atomic E-state index is 12.6. The first-order valence-electron chi connectivity index (χ1n) is 10.5. The Bertz CT molecular complexity index is 879. The van der Waals surface area contributed by atoms with Crippen molar-refractivity contribution in [3.05, 3.63) is 57.5 Å². The van der Waals surface area contributed by atoms with Crippen molar-refractivity contribution in [2.75, 3.05) is 0 Å². The van der Waals surface area contributed by atoms with E-state index in [2.05, 4.69) is 23.8 Å². The molecule has 3 fully saturated rings. The molecule has 7 heteroatoms. The first-order chi connectivity index (χ1) is 13.9. The number of benzene rings is 1. The molecule has 0 heterocycles. The van der Waals surface area contributed by atoms with E-state index in [1.54, 1.807) is 12.1 Å². The number of hydrogen-bond acceptors (Lipinski definition) is 4. The van der Waals surface area contributed by atoms with E-state index in [0.29, 0.717) is 23.3 Å². The summed E-state index contributed by atoms with van der Waals surface area (Å²) in [5.74, 6) is 1.38. The summed E-state index contributed by atoms with van der Waals surface area (Å²) in [6, 6.07) is 5.91. The Morgan fingerprint density at radius 3 is 2.83 bits per heavy atom. The minimum Gasteiger partial charge on any atom is -0.258 e. The zero-order valence-corrected chi connectivity index (χ0v) is 17.7. The number of nitrogens with zero attached hydrogens (tertiary/aromatic N) is 1. The maximum Gasteiger partial charge on any atom is 0.270 e. The molecule has 1 aromatic rings. The third kappa shape index (κ3) is 6.00. The summed E-state index contributed by atoms with van der Waals surface area (Å²) >= 11 is 0. The van der Waals surface area contributed by atoms with Crippen molar-refractivity contribution in [2.45, 2.75) is 57.9 Å². The van der Waals surface area contributed by atoms with E-state index in [9.17, 15) is 18.5 Å². The van der Waals surface area contributed by atoms with Gasteiger partial charge in [-0.15, -0.1) is 0 Å². The van der Waals surface area contributed by atoms with E-state index in [1.807, 2.05) is 0 Å². The Hall–Kier alpha value is -1.99. The molecule has 0 spiro atoms. The maximum atomic E-state index is 12.6. The lowest BCUT2D eigenvalue weighted by molar-refractivity contribution is -0.384. The van der Waals surface area contributed by atoms with Crippen LogP contribution in [0.25, 0.3) is 6.08 Å². The molecule has 4 atom stereocenters. The number of allylic oxidation sites excluding steroid dienone is 2. The Balaban J connectivity index is 1.65. The number of hydrogen-bond donors (Lipinski definition) is 1. The molecular formula is C22H30N2O4S. The number of rotatable bonds is 9. The van der Waals surface area contributed by atoms with Gasteiger partial charge in [-0.25, -0.2) is 13.1 Å². The van der Waals surface area contributed by atoms with Crippen LogP contribution in [0.2, 0.25) is 0 Å². The fourth-order valence-electron chi connectivity index (χ4n) is 4.68. The van der Waals surface area contributed by atoms with Gasteiger partial charge in [0.25, 0.3) is 5.69 Å². The van der Waals surface area contributed by atoms with Gasteiger partial charge in [-0.2, -0.15) is 0 Å². The number of unbranched alkanes of at least 4 members (excludes halogenated alkanes) is 2. The SMILES string of the molecule is CCCCC=CC1CC2CCC1C(NS(=O)(=O)C=Cc1cccc([N+](=O)[O-])c1)C2. The Labute approximate surface area is 173 Å². The van der Waals surface area contributed by atoms with Gasteiger partial charge in [-0.1, -0.05) is 50.5 Å². The summed E-state index contributed by atoms with van der Waals surface area (Å²) in [6.07, 6.45) is 13.8. The molecule has 1 N–H and O–H groups in total. The first-order valence-corrected chi connectivity index (χ1v) is 12.0. The molecule has 158 valence electrons. The quantitative estimate of drug-likeness (QED) is 0.263. The topological polar surface area (TPSA) is 89.3 Å². The van der Waals surface area contributed by atoms with Crippen LogP contribution in [0.15, 0.2) is 41.8 Å². The van der Waals surface area contributed by atoms with Crippen LogP contribution in [-0.4, -0.2) is 19.4 Å². The van der Waals surface area contributed by atoms with Crippen molar-refractivity contribution < 1.29 is 13.3 Å². The molecule has 29 heavy (non-hydrogen) atoms.